The Hall–Kier alpha value is -2.01. The third kappa shape index (κ3) is 1.64. The number of hydrogen-bond donors (Lipinski definition) is 1. The lowest BCUT2D eigenvalue weighted by molar-refractivity contribution is 0.00634. The summed E-state index contributed by atoms with van der Waals surface area (Å²) in [6.07, 6.45) is 1.01. The number of aromatic nitrogens is 2. The van der Waals surface area contributed by atoms with Gasteiger partial charge in [0.05, 0.1) is 18.1 Å². The van der Waals surface area contributed by atoms with Gasteiger partial charge in [-0.05, 0) is 12.1 Å². The number of imidazole rings is 1. The van der Waals surface area contributed by atoms with Crippen LogP contribution < -0.4 is 0 Å². The second kappa shape index (κ2) is 4.34. The second-order valence-electron chi connectivity index (χ2n) is 4.08. The predicted molar refractivity (Wildman–Crippen MR) is 65.8 cm³/mol. The van der Waals surface area contributed by atoms with E-state index in [9.17, 15) is 0 Å². The third-order valence-corrected chi connectivity index (χ3v) is 3.05. The van der Waals surface area contributed by atoms with E-state index in [2.05, 4.69) is 9.97 Å². The number of ether oxygens (including phenoxy) is 3. The van der Waals surface area contributed by atoms with Crippen LogP contribution in [0.25, 0.3) is 11.0 Å². The van der Waals surface area contributed by atoms with Crippen molar-refractivity contribution < 1.29 is 14.2 Å². The number of rotatable bonds is 3. The molecule has 1 aromatic carbocycles. The molecule has 94 valence electrons. The van der Waals surface area contributed by atoms with Crippen molar-refractivity contribution in [2.75, 3.05) is 14.2 Å². The number of nitrogens with zero attached hydrogens (tertiary/aromatic N) is 1. The molecular formula is C13H14N2O3. The summed E-state index contributed by atoms with van der Waals surface area (Å²) in [6, 6.07) is 7.85. The van der Waals surface area contributed by atoms with Gasteiger partial charge in [-0.1, -0.05) is 12.1 Å². The fourth-order valence-corrected chi connectivity index (χ4v) is 2.15. The Morgan fingerprint density at radius 1 is 1.28 bits per heavy atom. The largest absolute Gasteiger partial charge is 0.495 e. The summed E-state index contributed by atoms with van der Waals surface area (Å²) < 4.78 is 16.2. The van der Waals surface area contributed by atoms with Gasteiger partial charge in [0.2, 0.25) is 0 Å². The van der Waals surface area contributed by atoms with Crippen LogP contribution in [-0.2, 0) is 14.2 Å². The van der Waals surface area contributed by atoms with Gasteiger partial charge in [-0.2, -0.15) is 0 Å². The normalized spacial score (nSPS) is 22.9. The van der Waals surface area contributed by atoms with E-state index in [0.717, 1.165) is 16.9 Å². The number of para-hydroxylation sites is 2. The monoisotopic (exact) mass is 246 g/mol. The number of fused-ring (bicyclic) bond motifs is 1. The highest BCUT2D eigenvalue weighted by atomic mass is 16.6. The molecule has 0 amide bonds. The van der Waals surface area contributed by atoms with Crippen LogP contribution in [0.2, 0.25) is 0 Å². The molecule has 0 saturated heterocycles. The van der Waals surface area contributed by atoms with Crippen molar-refractivity contribution >= 4 is 11.0 Å². The van der Waals surface area contributed by atoms with E-state index in [1.807, 2.05) is 24.3 Å². The van der Waals surface area contributed by atoms with Crippen LogP contribution in [0.3, 0.4) is 0 Å². The van der Waals surface area contributed by atoms with Crippen molar-refractivity contribution in [2.24, 2.45) is 0 Å². The summed E-state index contributed by atoms with van der Waals surface area (Å²) in [4.78, 5) is 7.75. The van der Waals surface area contributed by atoms with Gasteiger partial charge in [-0.15, -0.1) is 0 Å². The average molecular weight is 246 g/mol. The van der Waals surface area contributed by atoms with E-state index in [4.69, 9.17) is 14.2 Å². The zero-order valence-corrected chi connectivity index (χ0v) is 10.2. The van der Waals surface area contributed by atoms with Crippen molar-refractivity contribution in [1.29, 1.82) is 0 Å². The molecule has 0 bridgehead atoms. The highest BCUT2D eigenvalue weighted by Gasteiger charge is 2.36. The summed E-state index contributed by atoms with van der Waals surface area (Å²) in [5, 5.41) is 0. The lowest BCUT2D eigenvalue weighted by Gasteiger charge is -2.16. The van der Waals surface area contributed by atoms with Crippen molar-refractivity contribution in [3.05, 3.63) is 42.1 Å². The smallest absolute Gasteiger partial charge is 0.188 e. The van der Waals surface area contributed by atoms with E-state index in [-0.39, 0.29) is 12.2 Å². The molecule has 18 heavy (non-hydrogen) atoms. The third-order valence-electron chi connectivity index (χ3n) is 3.05. The van der Waals surface area contributed by atoms with Crippen LogP contribution in [0.15, 0.2) is 36.3 Å². The number of methoxy groups -OCH3 is 2. The minimum atomic E-state index is -0.294. The first-order valence-electron chi connectivity index (χ1n) is 5.70. The number of nitrogens with one attached hydrogen (secondary N) is 1. The van der Waals surface area contributed by atoms with Gasteiger partial charge in [-0.3, -0.25) is 0 Å². The molecule has 2 unspecified atom stereocenters. The first kappa shape index (κ1) is 11.1. The fourth-order valence-electron chi connectivity index (χ4n) is 2.15. The first-order valence-corrected chi connectivity index (χ1v) is 5.70. The molecule has 2 heterocycles. The molecule has 1 N–H and O–H groups in total. The Morgan fingerprint density at radius 3 is 2.83 bits per heavy atom. The molecule has 0 aliphatic carbocycles. The molecule has 0 saturated carbocycles. The number of aromatic amines is 1. The summed E-state index contributed by atoms with van der Waals surface area (Å²) in [6.45, 7) is 0. The number of benzene rings is 1. The molecule has 3 rings (SSSR count). The minimum Gasteiger partial charge on any atom is -0.495 e. The minimum absolute atomic E-state index is 0.268. The van der Waals surface area contributed by atoms with Crippen molar-refractivity contribution in [3.63, 3.8) is 0 Å². The maximum absolute atomic E-state index is 5.57. The van der Waals surface area contributed by atoms with E-state index in [1.165, 1.54) is 0 Å². The van der Waals surface area contributed by atoms with Gasteiger partial charge < -0.3 is 19.2 Å². The van der Waals surface area contributed by atoms with Crippen molar-refractivity contribution in [1.82, 2.24) is 9.97 Å². The van der Waals surface area contributed by atoms with Gasteiger partial charge in [0, 0.05) is 7.11 Å². The van der Waals surface area contributed by atoms with Gasteiger partial charge in [-0.25, -0.2) is 4.98 Å². The molecule has 1 aliphatic rings. The van der Waals surface area contributed by atoms with Crippen LogP contribution in [-0.4, -0.2) is 30.3 Å². The highest BCUT2D eigenvalue weighted by Crippen LogP contribution is 2.33. The van der Waals surface area contributed by atoms with Crippen molar-refractivity contribution in [3.8, 4) is 0 Å². The average Bonchev–Trinajstić information content (AvgIpc) is 3.00. The van der Waals surface area contributed by atoms with Crippen LogP contribution >= 0.6 is 0 Å². The highest BCUT2D eigenvalue weighted by molar-refractivity contribution is 5.74. The quantitative estimate of drug-likeness (QED) is 0.901. The molecule has 2 aromatic rings. The molecule has 5 heteroatoms. The fraction of sp³-hybridized carbons (Fsp3) is 0.308. The van der Waals surface area contributed by atoms with Crippen LogP contribution in [0.4, 0.5) is 0 Å². The first-order chi connectivity index (χ1) is 8.83. The SMILES string of the molecule is COC1=COC(c2nc3ccccc3[nH]2)C1OC. The van der Waals surface area contributed by atoms with E-state index < -0.39 is 0 Å². The Labute approximate surface area is 104 Å². The maximum Gasteiger partial charge on any atom is 0.188 e. The molecule has 1 aliphatic heterocycles. The molecule has 5 nitrogen and oxygen atoms in total. The number of hydrogen-bond acceptors (Lipinski definition) is 4. The van der Waals surface area contributed by atoms with E-state index in [0.29, 0.717) is 5.76 Å². The van der Waals surface area contributed by atoms with Gasteiger partial charge in [0.15, 0.2) is 23.8 Å². The van der Waals surface area contributed by atoms with Gasteiger partial charge >= 0.3 is 0 Å². The Bertz CT molecular complexity index is 558. The summed E-state index contributed by atoms with van der Waals surface area (Å²) >= 11 is 0. The van der Waals surface area contributed by atoms with Gasteiger partial charge in [0.1, 0.15) is 6.26 Å². The van der Waals surface area contributed by atoms with Crippen LogP contribution in [0.1, 0.15) is 11.9 Å². The standard InChI is InChI=1S/C13H14N2O3/c1-16-10-7-18-12(11(10)17-2)13-14-8-5-3-4-6-9(8)15-13/h3-7,11-12H,1-2H3,(H,14,15). The molecule has 1 aromatic heterocycles. The lowest BCUT2D eigenvalue weighted by atomic mass is 10.2. The topological polar surface area (TPSA) is 56.4 Å². The summed E-state index contributed by atoms with van der Waals surface area (Å²) in [5.74, 6) is 1.41. The number of H-pyrrole nitrogens is 1. The Kier molecular flexibility index (Phi) is 2.68. The van der Waals surface area contributed by atoms with Crippen LogP contribution in [0.5, 0.6) is 0 Å². The lowest BCUT2D eigenvalue weighted by Crippen LogP contribution is -2.21. The summed E-state index contributed by atoms with van der Waals surface area (Å²) in [7, 11) is 3.23. The molecule has 0 fully saturated rings. The molecular weight excluding hydrogens is 232 g/mol. The molecule has 0 radical (unpaired) electrons. The Balaban J connectivity index is 1.95. The predicted octanol–water partition coefficient (Wildman–Crippen LogP) is 2.14. The second-order valence-corrected chi connectivity index (χ2v) is 4.08. The van der Waals surface area contributed by atoms with E-state index >= 15 is 0 Å². The zero-order chi connectivity index (χ0) is 12.5. The van der Waals surface area contributed by atoms with Crippen LogP contribution in [0, 0.1) is 0 Å². The summed E-state index contributed by atoms with van der Waals surface area (Å²) in [5.41, 5.74) is 1.90. The Morgan fingerprint density at radius 2 is 2.11 bits per heavy atom. The van der Waals surface area contributed by atoms with Gasteiger partial charge in [0.25, 0.3) is 0 Å². The molecule has 0 spiro atoms. The zero-order valence-electron chi connectivity index (χ0n) is 10.2. The maximum atomic E-state index is 5.57. The molecule has 2 atom stereocenters. The van der Waals surface area contributed by atoms with Crippen molar-refractivity contribution in [2.45, 2.75) is 12.2 Å². The van der Waals surface area contributed by atoms with E-state index in [1.54, 1.807) is 20.5 Å².